The van der Waals surface area contributed by atoms with E-state index in [4.69, 9.17) is 0 Å². The lowest BCUT2D eigenvalue weighted by Crippen LogP contribution is -2.27. The SMILES string of the molecule is CSc1cccc(N[C@H](C(=O)Nc2cc(C)ccc2C)c2ccccc2)c1. The summed E-state index contributed by atoms with van der Waals surface area (Å²) in [6.45, 7) is 4.03. The van der Waals surface area contributed by atoms with E-state index in [1.54, 1.807) is 11.8 Å². The van der Waals surface area contributed by atoms with E-state index in [9.17, 15) is 4.79 Å². The Morgan fingerprint density at radius 2 is 1.70 bits per heavy atom. The highest BCUT2D eigenvalue weighted by atomic mass is 32.2. The molecule has 3 nitrogen and oxygen atoms in total. The fraction of sp³-hybridized carbons (Fsp3) is 0.174. The standard InChI is InChI=1S/C23H24N2OS/c1-16-12-13-17(2)21(14-16)25-23(26)22(18-8-5-4-6-9-18)24-19-10-7-11-20(15-19)27-3/h4-15,22,24H,1-3H3,(H,25,26)/t22-/m0/s1. The van der Waals surface area contributed by atoms with Crippen LogP contribution in [0.15, 0.2) is 77.7 Å². The third-order valence-electron chi connectivity index (χ3n) is 4.43. The van der Waals surface area contributed by atoms with Gasteiger partial charge in [-0.25, -0.2) is 0 Å². The molecule has 1 atom stereocenters. The molecule has 0 fully saturated rings. The number of nitrogens with one attached hydrogen (secondary N) is 2. The molecule has 4 heteroatoms. The fourth-order valence-electron chi connectivity index (χ4n) is 2.90. The molecule has 0 saturated heterocycles. The van der Waals surface area contributed by atoms with Gasteiger partial charge < -0.3 is 10.6 Å². The maximum absolute atomic E-state index is 13.2. The normalized spacial score (nSPS) is 11.7. The van der Waals surface area contributed by atoms with E-state index in [2.05, 4.69) is 22.8 Å². The number of aryl methyl sites for hydroxylation is 2. The molecule has 0 aliphatic carbocycles. The Hall–Kier alpha value is -2.72. The van der Waals surface area contributed by atoms with E-state index in [0.717, 1.165) is 33.0 Å². The lowest BCUT2D eigenvalue weighted by molar-refractivity contribution is -0.117. The first-order valence-electron chi connectivity index (χ1n) is 8.90. The minimum absolute atomic E-state index is 0.0792. The van der Waals surface area contributed by atoms with Gasteiger partial charge in [0.25, 0.3) is 5.91 Å². The van der Waals surface area contributed by atoms with Crippen molar-refractivity contribution in [1.82, 2.24) is 0 Å². The predicted octanol–water partition coefficient (Wildman–Crippen LogP) is 5.82. The number of hydrogen-bond donors (Lipinski definition) is 2. The Morgan fingerprint density at radius 1 is 0.926 bits per heavy atom. The monoisotopic (exact) mass is 376 g/mol. The number of thioether (sulfide) groups is 1. The first kappa shape index (κ1) is 19.1. The third kappa shape index (κ3) is 4.92. The lowest BCUT2D eigenvalue weighted by atomic mass is 10.0. The van der Waals surface area contributed by atoms with Crippen LogP contribution in [0.5, 0.6) is 0 Å². The Balaban J connectivity index is 1.89. The molecule has 1 amide bonds. The molecular weight excluding hydrogens is 352 g/mol. The van der Waals surface area contributed by atoms with Gasteiger partial charge in [0.2, 0.25) is 0 Å². The van der Waals surface area contributed by atoms with Crippen molar-refractivity contribution in [3.8, 4) is 0 Å². The molecule has 138 valence electrons. The summed E-state index contributed by atoms with van der Waals surface area (Å²) in [5.74, 6) is -0.0792. The van der Waals surface area contributed by atoms with Crippen molar-refractivity contribution in [3.05, 3.63) is 89.5 Å². The summed E-state index contributed by atoms with van der Waals surface area (Å²) in [7, 11) is 0. The summed E-state index contributed by atoms with van der Waals surface area (Å²) < 4.78 is 0. The van der Waals surface area contributed by atoms with E-state index in [1.807, 2.05) is 80.8 Å². The van der Waals surface area contributed by atoms with E-state index in [1.165, 1.54) is 0 Å². The summed E-state index contributed by atoms with van der Waals surface area (Å²) in [5.41, 5.74) is 4.86. The summed E-state index contributed by atoms with van der Waals surface area (Å²) in [5, 5.41) is 6.49. The van der Waals surface area contributed by atoms with Crippen molar-refractivity contribution in [3.63, 3.8) is 0 Å². The van der Waals surface area contributed by atoms with Crippen molar-refractivity contribution in [2.45, 2.75) is 24.8 Å². The summed E-state index contributed by atoms with van der Waals surface area (Å²) in [6.07, 6.45) is 2.04. The van der Waals surface area contributed by atoms with Crippen molar-refractivity contribution in [2.24, 2.45) is 0 Å². The van der Waals surface area contributed by atoms with E-state index in [0.29, 0.717) is 0 Å². The van der Waals surface area contributed by atoms with Crippen LogP contribution in [0.2, 0.25) is 0 Å². The maximum atomic E-state index is 13.2. The van der Waals surface area contributed by atoms with Gasteiger partial charge in [-0.1, -0.05) is 48.5 Å². The molecule has 0 aromatic heterocycles. The summed E-state index contributed by atoms with van der Waals surface area (Å²) in [4.78, 5) is 14.3. The van der Waals surface area contributed by atoms with Crippen LogP contribution < -0.4 is 10.6 Å². The Morgan fingerprint density at radius 3 is 2.44 bits per heavy atom. The molecule has 0 heterocycles. The summed E-state index contributed by atoms with van der Waals surface area (Å²) in [6, 6.07) is 23.5. The first-order chi connectivity index (χ1) is 13.1. The van der Waals surface area contributed by atoms with Crippen LogP contribution in [0.3, 0.4) is 0 Å². The van der Waals surface area contributed by atoms with Crippen molar-refractivity contribution in [1.29, 1.82) is 0 Å². The zero-order valence-electron chi connectivity index (χ0n) is 15.8. The van der Waals surface area contributed by atoms with Crippen LogP contribution in [-0.4, -0.2) is 12.2 Å². The smallest absolute Gasteiger partial charge is 0.251 e. The zero-order chi connectivity index (χ0) is 19.2. The lowest BCUT2D eigenvalue weighted by Gasteiger charge is -2.21. The van der Waals surface area contributed by atoms with Gasteiger partial charge in [-0.3, -0.25) is 4.79 Å². The van der Waals surface area contributed by atoms with Gasteiger partial charge in [-0.05, 0) is 61.1 Å². The number of carbonyl (C=O) groups excluding carboxylic acids is 1. The van der Waals surface area contributed by atoms with Gasteiger partial charge in [0, 0.05) is 16.3 Å². The minimum atomic E-state index is -0.483. The number of rotatable bonds is 6. The topological polar surface area (TPSA) is 41.1 Å². The van der Waals surface area contributed by atoms with Crippen LogP contribution in [0.1, 0.15) is 22.7 Å². The molecule has 3 aromatic rings. The first-order valence-corrected chi connectivity index (χ1v) is 10.1. The van der Waals surface area contributed by atoms with E-state index in [-0.39, 0.29) is 5.91 Å². The highest BCUT2D eigenvalue weighted by Gasteiger charge is 2.21. The number of anilines is 2. The van der Waals surface area contributed by atoms with Crippen LogP contribution in [0.4, 0.5) is 11.4 Å². The van der Waals surface area contributed by atoms with Gasteiger partial charge >= 0.3 is 0 Å². The number of carbonyl (C=O) groups is 1. The molecule has 0 spiro atoms. The van der Waals surface area contributed by atoms with Gasteiger partial charge in [-0.2, -0.15) is 0 Å². The second kappa shape index (κ2) is 8.78. The largest absolute Gasteiger partial charge is 0.370 e. The summed E-state index contributed by atoms with van der Waals surface area (Å²) >= 11 is 1.68. The van der Waals surface area contributed by atoms with Gasteiger partial charge in [-0.15, -0.1) is 11.8 Å². The molecule has 27 heavy (non-hydrogen) atoms. The van der Waals surface area contributed by atoms with Crippen molar-refractivity contribution >= 4 is 29.0 Å². The molecule has 3 aromatic carbocycles. The molecule has 0 aliphatic rings. The fourth-order valence-corrected chi connectivity index (χ4v) is 3.36. The van der Waals surface area contributed by atoms with Crippen LogP contribution in [0, 0.1) is 13.8 Å². The van der Waals surface area contributed by atoms with Gasteiger partial charge in [0.15, 0.2) is 0 Å². The highest BCUT2D eigenvalue weighted by Crippen LogP contribution is 2.26. The zero-order valence-corrected chi connectivity index (χ0v) is 16.6. The average molecular weight is 377 g/mol. The van der Waals surface area contributed by atoms with Crippen LogP contribution in [-0.2, 0) is 4.79 Å². The molecule has 0 aliphatic heterocycles. The highest BCUT2D eigenvalue weighted by molar-refractivity contribution is 7.98. The number of benzene rings is 3. The second-order valence-electron chi connectivity index (χ2n) is 6.53. The van der Waals surface area contributed by atoms with Crippen LogP contribution >= 0.6 is 11.8 Å². The maximum Gasteiger partial charge on any atom is 0.251 e. The second-order valence-corrected chi connectivity index (χ2v) is 7.41. The Bertz CT molecular complexity index is 925. The predicted molar refractivity (Wildman–Crippen MR) is 116 cm³/mol. The van der Waals surface area contributed by atoms with Crippen molar-refractivity contribution < 1.29 is 4.79 Å². The molecule has 0 radical (unpaired) electrons. The van der Waals surface area contributed by atoms with Crippen LogP contribution in [0.25, 0.3) is 0 Å². The van der Waals surface area contributed by atoms with E-state index >= 15 is 0 Å². The Labute approximate surface area is 165 Å². The number of amides is 1. The van der Waals surface area contributed by atoms with Crippen molar-refractivity contribution in [2.75, 3.05) is 16.9 Å². The molecule has 2 N–H and O–H groups in total. The molecular formula is C23H24N2OS. The molecule has 0 unspecified atom stereocenters. The molecule has 0 bridgehead atoms. The van der Waals surface area contributed by atoms with E-state index < -0.39 is 6.04 Å². The molecule has 3 rings (SSSR count). The quantitative estimate of drug-likeness (QED) is 0.533. The Kier molecular flexibility index (Phi) is 6.20. The van der Waals surface area contributed by atoms with Gasteiger partial charge in [0.1, 0.15) is 6.04 Å². The van der Waals surface area contributed by atoms with Gasteiger partial charge in [0.05, 0.1) is 0 Å². The third-order valence-corrected chi connectivity index (χ3v) is 5.15. The minimum Gasteiger partial charge on any atom is -0.370 e. The number of hydrogen-bond acceptors (Lipinski definition) is 3. The average Bonchev–Trinajstić information content (AvgIpc) is 2.69. The molecule has 0 saturated carbocycles.